The van der Waals surface area contributed by atoms with Crippen molar-refractivity contribution < 1.29 is 17.9 Å². The second-order valence-electron chi connectivity index (χ2n) is 4.56. The molecule has 0 radical (unpaired) electrons. The summed E-state index contributed by atoms with van der Waals surface area (Å²) in [5, 5.41) is 2.52. The third-order valence-corrected chi connectivity index (χ3v) is 5.47. The lowest BCUT2D eigenvalue weighted by molar-refractivity contribution is 0.0760. The Balaban J connectivity index is 2.14. The van der Waals surface area contributed by atoms with E-state index in [1.165, 1.54) is 41.0 Å². The molecule has 0 aliphatic heterocycles. The number of benzene rings is 1. The van der Waals surface area contributed by atoms with Crippen LogP contribution in [-0.4, -0.2) is 25.9 Å². The molecular formula is C14H15ClN2O4S2. The van der Waals surface area contributed by atoms with Crippen LogP contribution in [0.4, 0.5) is 0 Å². The van der Waals surface area contributed by atoms with Crippen molar-refractivity contribution in [2.45, 2.75) is 24.8 Å². The zero-order chi connectivity index (χ0) is 17.0. The Morgan fingerprint density at radius 2 is 2.04 bits per heavy atom. The van der Waals surface area contributed by atoms with E-state index in [4.69, 9.17) is 16.3 Å². The number of aromatic nitrogens is 1. The van der Waals surface area contributed by atoms with Gasteiger partial charge >= 0.3 is 0 Å². The highest BCUT2D eigenvalue weighted by molar-refractivity contribution is 7.90. The van der Waals surface area contributed by atoms with Crippen molar-refractivity contribution in [1.29, 1.82) is 0 Å². The number of amides is 1. The molecule has 0 saturated carbocycles. The van der Waals surface area contributed by atoms with E-state index in [9.17, 15) is 13.2 Å². The maximum atomic E-state index is 12.1. The second-order valence-corrected chi connectivity index (χ2v) is 7.57. The van der Waals surface area contributed by atoms with Gasteiger partial charge in [-0.2, -0.15) is 0 Å². The molecule has 6 nitrogen and oxygen atoms in total. The standard InChI is InChI=1S/C14H15ClN2O4S2/c1-3-21-9(2)14-16-12(8-22-14)13(18)17-23(19,20)11-6-4-10(15)5-7-11/h4-9H,3H2,1-2H3,(H,17,18)/t9-/m1/s1. The molecule has 0 spiro atoms. The van der Waals surface area contributed by atoms with Gasteiger partial charge in [-0.15, -0.1) is 11.3 Å². The molecule has 1 atom stereocenters. The quantitative estimate of drug-likeness (QED) is 0.839. The highest BCUT2D eigenvalue weighted by Crippen LogP contribution is 2.21. The molecule has 0 saturated heterocycles. The van der Waals surface area contributed by atoms with E-state index in [0.717, 1.165) is 0 Å². The molecule has 0 fully saturated rings. The maximum absolute atomic E-state index is 12.1. The fourth-order valence-corrected chi connectivity index (χ4v) is 3.64. The Labute approximate surface area is 143 Å². The van der Waals surface area contributed by atoms with Gasteiger partial charge < -0.3 is 4.74 Å². The fourth-order valence-electron chi connectivity index (χ4n) is 1.75. The maximum Gasteiger partial charge on any atom is 0.284 e. The van der Waals surface area contributed by atoms with Crippen molar-refractivity contribution >= 4 is 38.9 Å². The number of nitrogens with zero attached hydrogens (tertiary/aromatic N) is 1. The van der Waals surface area contributed by atoms with E-state index < -0.39 is 15.9 Å². The molecule has 2 rings (SSSR count). The number of carbonyl (C=O) groups is 1. The number of hydrogen-bond acceptors (Lipinski definition) is 6. The van der Waals surface area contributed by atoms with Crippen molar-refractivity contribution in [2.75, 3.05) is 6.61 Å². The number of hydrogen-bond donors (Lipinski definition) is 1. The normalized spacial score (nSPS) is 12.8. The molecular weight excluding hydrogens is 360 g/mol. The number of sulfonamides is 1. The summed E-state index contributed by atoms with van der Waals surface area (Å²) in [7, 11) is -3.97. The number of thiazole rings is 1. The molecule has 0 aliphatic rings. The molecule has 0 aliphatic carbocycles. The van der Waals surface area contributed by atoms with Crippen molar-refractivity contribution in [3.63, 3.8) is 0 Å². The number of ether oxygens (including phenoxy) is 1. The zero-order valence-corrected chi connectivity index (χ0v) is 14.8. The van der Waals surface area contributed by atoms with E-state index in [0.29, 0.717) is 16.6 Å². The minimum Gasteiger partial charge on any atom is -0.372 e. The van der Waals surface area contributed by atoms with Gasteiger partial charge in [0.1, 0.15) is 16.8 Å². The van der Waals surface area contributed by atoms with Gasteiger partial charge in [-0.3, -0.25) is 4.79 Å². The fraction of sp³-hybridized carbons (Fsp3) is 0.286. The van der Waals surface area contributed by atoms with Crippen LogP contribution in [0.3, 0.4) is 0 Å². The van der Waals surface area contributed by atoms with Gasteiger partial charge in [0.2, 0.25) is 0 Å². The first kappa shape index (κ1) is 17.9. The Morgan fingerprint density at radius 3 is 2.65 bits per heavy atom. The van der Waals surface area contributed by atoms with Crippen LogP contribution in [0.2, 0.25) is 5.02 Å². The van der Waals surface area contributed by atoms with Crippen LogP contribution in [0.5, 0.6) is 0 Å². The van der Waals surface area contributed by atoms with Crippen LogP contribution in [0.25, 0.3) is 0 Å². The van der Waals surface area contributed by atoms with E-state index in [2.05, 4.69) is 4.98 Å². The third kappa shape index (κ3) is 4.51. The highest BCUT2D eigenvalue weighted by Gasteiger charge is 2.21. The second kappa shape index (κ2) is 7.39. The Bertz CT molecular complexity index is 787. The number of rotatable bonds is 6. The lowest BCUT2D eigenvalue weighted by Crippen LogP contribution is -2.30. The van der Waals surface area contributed by atoms with Crippen LogP contribution < -0.4 is 4.72 Å². The molecule has 1 aromatic carbocycles. The monoisotopic (exact) mass is 374 g/mol. The van der Waals surface area contributed by atoms with Gasteiger partial charge in [-0.05, 0) is 38.1 Å². The number of nitrogens with one attached hydrogen (secondary N) is 1. The van der Waals surface area contributed by atoms with E-state index in [1.807, 2.05) is 18.6 Å². The van der Waals surface area contributed by atoms with Gasteiger partial charge in [0.15, 0.2) is 0 Å². The van der Waals surface area contributed by atoms with Crippen LogP contribution in [0, 0.1) is 0 Å². The summed E-state index contributed by atoms with van der Waals surface area (Å²) in [6.07, 6.45) is -0.251. The molecule has 9 heteroatoms. The van der Waals surface area contributed by atoms with Gasteiger partial charge in [0.05, 0.1) is 4.90 Å². The topological polar surface area (TPSA) is 85.4 Å². The largest absolute Gasteiger partial charge is 0.372 e. The molecule has 1 N–H and O–H groups in total. The molecule has 1 aromatic heterocycles. The highest BCUT2D eigenvalue weighted by atomic mass is 35.5. The van der Waals surface area contributed by atoms with Crippen molar-refractivity contribution in [1.82, 2.24) is 9.71 Å². The Hall–Kier alpha value is -1.48. The van der Waals surface area contributed by atoms with Gasteiger partial charge in [-0.1, -0.05) is 11.6 Å². The first-order valence-corrected chi connectivity index (χ1v) is 9.47. The Kier molecular flexibility index (Phi) is 5.74. The summed E-state index contributed by atoms with van der Waals surface area (Å²) in [5.41, 5.74) is 0.0362. The van der Waals surface area contributed by atoms with Gasteiger partial charge in [0, 0.05) is 17.0 Å². The smallest absolute Gasteiger partial charge is 0.284 e. The van der Waals surface area contributed by atoms with Crippen LogP contribution in [-0.2, 0) is 14.8 Å². The molecule has 2 aromatic rings. The van der Waals surface area contributed by atoms with Crippen molar-refractivity contribution in [3.8, 4) is 0 Å². The van der Waals surface area contributed by atoms with E-state index in [1.54, 1.807) is 0 Å². The molecule has 23 heavy (non-hydrogen) atoms. The molecule has 124 valence electrons. The van der Waals surface area contributed by atoms with Crippen LogP contribution in [0.15, 0.2) is 34.5 Å². The minimum atomic E-state index is -3.97. The predicted molar refractivity (Wildman–Crippen MR) is 88.3 cm³/mol. The van der Waals surface area contributed by atoms with Crippen LogP contribution in [0.1, 0.15) is 35.4 Å². The lowest BCUT2D eigenvalue weighted by Gasteiger charge is -2.07. The summed E-state index contributed by atoms with van der Waals surface area (Å²) in [6.45, 7) is 4.19. The number of halogens is 1. The van der Waals surface area contributed by atoms with Crippen molar-refractivity contribution in [2.24, 2.45) is 0 Å². The van der Waals surface area contributed by atoms with Gasteiger partial charge in [-0.25, -0.2) is 18.1 Å². The van der Waals surface area contributed by atoms with Crippen LogP contribution >= 0.6 is 22.9 Å². The summed E-state index contributed by atoms with van der Waals surface area (Å²) >= 11 is 6.96. The average molecular weight is 375 g/mol. The first-order valence-electron chi connectivity index (χ1n) is 6.73. The number of carbonyl (C=O) groups excluding carboxylic acids is 1. The summed E-state index contributed by atoms with van der Waals surface area (Å²) in [5.74, 6) is -0.786. The molecule has 0 unspecified atom stereocenters. The van der Waals surface area contributed by atoms with Crippen molar-refractivity contribution in [3.05, 3.63) is 45.4 Å². The predicted octanol–water partition coefficient (Wildman–Crippen LogP) is 3.01. The minimum absolute atomic E-state index is 0.0362. The Morgan fingerprint density at radius 1 is 1.39 bits per heavy atom. The lowest BCUT2D eigenvalue weighted by atomic mass is 10.4. The average Bonchev–Trinajstić information content (AvgIpc) is 2.97. The van der Waals surface area contributed by atoms with E-state index >= 15 is 0 Å². The van der Waals surface area contributed by atoms with E-state index in [-0.39, 0.29) is 16.7 Å². The molecule has 1 amide bonds. The van der Waals surface area contributed by atoms with Gasteiger partial charge in [0.25, 0.3) is 15.9 Å². The third-order valence-electron chi connectivity index (χ3n) is 2.87. The first-order chi connectivity index (χ1) is 10.8. The molecule has 1 heterocycles. The summed E-state index contributed by atoms with van der Waals surface area (Å²) in [6, 6.07) is 5.51. The SMILES string of the molecule is CCO[C@H](C)c1nc(C(=O)NS(=O)(=O)c2ccc(Cl)cc2)cs1. The zero-order valence-electron chi connectivity index (χ0n) is 12.4. The summed E-state index contributed by atoms with van der Waals surface area (Å²) in [4.78, 5) is 16.2. The summed E-state index contributed by atoms with van der Waals surface area (Å²) < 4.78 is 31.7. The molecule has 0 bridgehead atoms.